The summed E-state index contributed by atoms with van der Waals surface area (Å²) in [6.07, 6.45) is 2.91. The molecule has 2 aromatic rings. The molecule has 1 fully saturated rings. The molecule has 0 bridgehead atoms. The van der Waals surface area contributed by atoms with Gasteiger partial charge in [-0.1, -0.05) is 35.9 Å². The summed E-state index contributed by atoms with van der Waals surface area (Å²) in [6, 6.07) is 13.3. The van der Waals surface area contributed by atoms with E-state index in [9.17, 15) is 4.79 Å². The molecule has 1 aliphatic heterocycles. The number of nitrogens with zero attached hydrogens (tertiary/aromatic N) is 1. The molecule has 3 atom stereocenters. The zero-order valence-corrected chi connectivity index (χ0v) is 15.7. The number of carbonyl (C=O) groups is 1. The maximum atomic E-state index is 11.1. The fraction of sp³-hybridized carbons (Fsp3) is 0.381. The van der Waals surface area contributed by atoms with Crippen LogP contribution in [-0.2, 0) is 6.42 Å². The van der Waals surface area contributed by atoms with E-state index in [1.807, 2.05) is 6.07 Å². The van der Waals surface area contributed by atoms with E-state index in [1.165, 1.54) is 23.3 Å². The average molecular weight is 387 g/mol. The number of fused-ring (bicyclic) bond motifs is 1. The molecule has 2 aromatic carbocycles. The lowest BCUT2D eigenvalue weighted by Crippen LogP contribution is -2.49. The summed E-state index contributed by atoms with van der Waals surface area (Å²) >= 11 is 6.31. The molecule has 27 heavy (non-hydrogen) atoms. The van der Waals surface area contributed by atoms with Crippen LogP contribution in [0.4, 0.5) is 0 Å². The highest BCUT2D eigenvalue weighted by Crippen LogP contribution is 2.40. The molecule has 3 N–H and O–H groups in total. The van der Waals surface area contributed by atoms with Gasteiger partial charge in [-0.3, -0.25) is 4.90 Å². The number of ether oxygens (including phenoxy) is 1. The first-order chi connectivity index (χ1) is 13.0. The summed E-state index contributed by atoms with van der Waals surface area (Å²) < 4.78 is 6.36. The van der Waals surface area contributed by atoms with Gasteiger partial charge in [0.25, 0.3) is 0 Å². The third kappa shape index (κ3) is 3.68. The summed E-state index contributed by atoms with van der Waals surface area (Å²) in [5.41, 5.74) is 8.81. The molecule has 0 spiro atoms. The second kappa shape index (κ2) is 7.50. The van der Waals surface area contributed by atoms with Gasteiger partial charge < -0.3 is 15.6 Å². The Morgan fingerprint density at radius 2 is 2.07 bits per heavy atom. The number of hydrogen-bond acceptors (Lipinski definition) is 4. The van der Waals surface area contributed by atoms with Gasteiger partial charge in [-0.25, -0.2) is 4.79 Å². The number of likely N-dealkylation sites (tertiary alicyclic amines) is 1. The topological polar surface area (TPSA) is 75.8 Å². The number of nitrogens with two attached hydrogens (primary N) is 1. The van der Waals surface area contributed by atoms with Crippen LogP contribution in [-0.4, -0.2) is 41.1 Å². The standard InChI is InChI=1S/C21H23ClN2O3/c22-17-10-14(21(25)26)7-8-19(17)27-20-16-6-2-1-4-13(16)11-18(20)24-9-3-5-15(23)12-24/h1-2,4,6-8,10,15,18,20H,3,5,9,11-12,23H2,(H,25,26)/t15-,18-,20-/m1/s1. The molecule has 0 saturated carbocycles. The third-order valence-corrected chi connectivity index (χ3v) is 5.83. The Kier molecular flexibility index (Phi) is 5.08. The molecule has 1 heterocycles. The van der Waals surface area contributed by atoms with Gasteiger partial charge in [0.2, 0.25) is 0 Å². The molecule has 5 nitrogen and oxygen atoms in total. The van der Waals surface area contributed by atoms with E-state index >= 15 is 0 Å². The SMILES string of the molecule is N[C@@H]1CCCN([C@@H]2Cc3ccccc3[C@H]2Oc2ccc(C(=O)O)cc2Cl)C1. The third-order valence-electron chi connectivity index (χ3n) is 5.53. The number of halogens is 1. The molecule has 2 aliphatic rings. The highest BCUT2D eigenvalue weighted by Gasteiger charge is 2.39. The van der Waals surface area contributed by atoms with E-state index in [0.29, 0.717) is 10.8 Å². The van der Waals surface area contributed by atoms with Crippen molar-refractivity contribution in [3.8, 4) is 5.75 Å². The van der Waals surface area contributed by atoms with Crippen LogP contribution in [0.3, 0.4) is 0 Å². The Morgan fingerprint density at radius 3 is 2.81 bits per heavy atom. The number of carboxylic acids is 1. The minimum atomic E-state index is -1.00. The molecule has 0 unspecified atom stereocenters. The smallest absolute Gasteiger partial charge is 0.335 e. The monoisotopic (exact) mass is 386 g/mol. The summed E-state index contributed by atoms with van der Waals surface area (Å²) in [5, 5.41) is 9.45. The van der Waals surface area contributed by atoms with Gasteiger partial charge in [0.1, 0.15) is 11.9 Å². The summed E-state index contributed by atoms with van der Waals surface area (Å²) in [7, 11) is 0. The molecule has 1 saturated heterocycles. The van der Waals surface area contributed by atoms with Crippen molar-refractivity contribution in [3.63, 3.8) is 0 Å². The van der Waals surface area contributed by atoms with Gasteiger partial charge in [-0.15, -0.1) is 0 Å². The van der Waals surface area contributed by atoms with Gasteiger partial charge in [0.05, 0.1) is 16.6 Å². The number of carboxylic acid groups (broad SMARTS) is 1. The summed E-state index contributed by atoms with van der Waals surface area (Å²) in [6.45, 7) is 1.88. The fourth-order valence-corrected chi connectivity index (χ4v) is 4.43. The Bertz CT molecular complexity index is 857. The number of piperidine rings is 1. The zero-order valence-electron chi connectivity index (χ0n) is 15.0. The molecule has 0 aromatic heterocycles. The minimum absolute atomic E-state index is 0.151. The Labute approximate surface area is 163 Å². The van der Waals surface area contributed by atoms with Gasteiger partial charge >= 0.3 is 5.97 Å². The van der Waals surface area contributed by atoms with Crippen LogP contribution in [0.1, 0.15) is 40.4 Å². The zero-order chi connectivity index (χ0) is 19.0. The largest absolute Gasteiger partial charge is 0.483 e. The quantitative estimate of drug-likeness (QED) is 0.841. The predicted octanol–water partition coefficient (Wildman–Crippen LogP) is 3.51. The van der Waals surface area contributed by atoms with Gasteiger partial charge in [-0.05, 0) is 55.1 Å². The number of aromatic carboxylic acids is 1. The summed E-state index contributed by atoms with van der Waals surface area (Å²) in [5.74, 6) is -0.496. The van der Waals surface area contributed by atoms with Crippen molar-refractivity contribution in [2.75, 3.05) is 13.1 Å². The van der Waals surface area contributed by atoms with E-state index < -0.39 is 5.97 Å². The normalized spacial score (nSPS) is 25.2. The molecule has 6 heteroatoms. The van der Waals surface area contributed by atoms with Crippen LogP contribution in [0.5, 0.6) is 5.75 Å². The lowest BCUT2D eigenvalue weighted by molar-refractivity contribution is 0.0593. The summed E-state index contributed by atoms with van der Waals surface area (Å²) in [4.78, 5) is 13.6. The minimum Gasteiger partial charge on any atom is -0.483 e. The molecular weight excluding hydrogens is 364 g/mol. The lowest BCUT2D eigenvalue weighted by Gasteiger charge is -2.38. The second-order valence-electron chi connectivity index (χ2n) is 7.36. The first-order valence-electron chi connectivity index (χ1n) is 9.30. The van der Waals surface area contributed by atoms with Crippen molar-refractivity contribution in [2.45, 2.75) is 37.5 Å². The maximum absolute atomic E-state index is 11.1. The van der Waals surface area contributed by atoms with Gasteiger partial charge in [0, 0.05) is 12.6 Å². The van der Waals surface area contributed by atoms with Crippen LogP contribution in [0.15, 0.2) is 42.5 Å². The average Bonchev–Trinajstić information content (AvgIpc) is 3.02. The number of rotatable bonds is 4. The molecule has 1 aliphatic carbocycles. The van der Waals surface area contributed by atoms with Crippen molar-refractivity contribution in [2.24, 2.45) is 5.73 Å². The van der Waals surface area contributed by atoms with Crippen LogP contribution in [0.25, 0.3) is 0 Å². The van der Waals surface area contributed by atoms with E-state index in [2.05, 4.69) is 23.1 Å². The Morgan fingerprint density at radius 1 is 1.26 bits per heavy atom. The van der Waals surface area contributed by atoms with Crippen LogP contribution >= 0.6 is 11.6 Å². The van der Waals surface area contributed by atoms with E-state index in [4.69, 9.17) is 27.2 Å². The van der Waals surface area contributed by atoms with Crippen molar-refractivity contribution in [1.29, 1.82) is 0 Å². The highest BCUT2D eigenvalue weighted by molar-refractivity contribution is 6.32. The van der Waals surface area contributed by atoms with E-state index in [1.54, 1.807) is 6.07 Å². The Hall–Kier alpha value is -2.08. The Balaban J connectivity index is 1.64. The van der Waals surface area contributed by atoms with Crippen molar-refractivity contribution >= 4 is 17.6 Å². The van der Waals surface area contributed by atoms with Crippen LogP contribution in [0.2, 0.25) is 5.02 Å². The lowest BCUT2D eigenvalue weighted by atomic mass is 10.0. The molecule has 4 rings (SSSR count). The number of hydrogen-bond donors (Lipinski definition) is 2. The molecule has 142 valence electrons. The van der Waals surface area contributed by atoms with Crippen molar-refractivity contribution in [3.05, 3.63) is 64.2 Å². The van der Waals surface area contributed by atoms with Crippen molar-refractivity contribution in [1.82, 2.24) is 4.90 Å². The van der Waals surface area contributed by atoms with Crippen molar-refractivity contribution < 1.29 is 14.6 Å². The van der Waals surface area contributed by atoms with Crippen LogP contribution in [0, 0.1) is 0 Å². The van der Waals surface area contributed by atoms with Gasteiger partial charge in [-0.2, -0.15) is 0 Å². The van der Waals surface area contributed by atoms with Crippen LogP contribution < -0.4 is 10.5 Å². The second-order valence-corrected chi connectivity index (χ2v) is 7.76. The molecule has 0 amide bonds. The highest BCUT2D eigenvalue weighted by atomic mass is 35.5. The number of benzene rings is 2. The predicted molar refractivity (Wildman–Crippen MR) is 104 cm³/mol. The first kappa shape index (κ1) is 18.3. The molecular formula is C21H23ClN2O3. The molecule has 0 radical (unpaired) electrons. The van der Waals surface area contributed by atoms with E-state index in [-0.39, 0.29) is 23.8 Å². The maximum Gasteiger partial charge on any atom is 0.335 e. The van der Waals surface area contributed by atoms with E-state index in [0.717, 1.165) is 32.4 Å². The first-order valence-corrected chi connectivity index (χ1v) is 9.67. The fourth-order valence-electron chi connectivity index (χ4n) is 4.21. The van der Waals surface area contributed by atoms with Gasteiger partial charge in [0.15, 0.2) is 0 Å².